The molecule has 3 heteroatoms. The van der Waals surface area contributed by atoms with Crippen LogP contribution in [0.3, 0.4) is 0 Å². The molecular formula is C25H20O2Si. The number of rotatable bonds is 5. The molecule has 28 heavy (non-hydrogen) atoms. The summed E-state index contributed by atoms with van der Waals surface area (Å²) in [6.07, 6.45) is 0. The van der Waals surface area contributed by atoms with Gasteiger partial charge in [0.1, 0.15) is 0 Å². The molecule has 0 amide bonds. The topological polar surface area (TPSA) is 37.3 Å². The van der Waals surface area contributed by atoms with Crippen LogP contribution in [0.5, 0.6) is 0 Å². The highest BCUT2D eigenvalue weighted by Gasteiger charge is 2.41. The standard InChI is InChI=1S/C25H20O2Si/c26-25(27)20-11-10-18-24(19-20)28(21-12-4-1-5-13-21,22-14-6-2-7-15-22)23-16-8-3-9-17-23/h1-19H,(H,26,27). The largest absolute Gasteiger partial charge is 0.478 e. The molecule has 0 fully saturated rings. The third-order valence-corrected chi connectivity index (χ3v) is 9.94. The second kappa shape index (κ2) is 7.67. The van der Waals surface area contributed by atoms with Crippen molar-refractivity contribution in [2.24, 2.45) is 0 Å². The predicted octanol–water partition coefficient (Wildman–Crippen LogP) is 2.76. The summed E-state index contributed by atoms with van der Waals surface area (Å²) in [7, 11) is -2.64. The monoisotopic (exact) mass is 380 g/mol. The van der Waals surface area contributed by atoms with Gasteiger partial charge in [-0.25, -0.2) is 4.79 Å². The predicted molar refractivity (Wildman–Crippen MR) is 117 cm³/mol. The Morgan fingerprint density at radius 1 is 0.536 bits per heavy atom. The van der Waals surface area contributed by atoms with E-state index in [4.69, 9.17) is 0 Å². The second-order valence-electron chi connectivity index (χ2n) is 6.73. The van der Waals surface area contributed by atoms with E-state index in [9.17, 15) is 9.90 Å². The van der Waals surface area contributed by atoms with Crippen molar-refractivity contribution >= 4 is 34.8 Å². The molecule has 0 heterocycles. The zero-order chi connectivity index (χ0) is 19.4. The van der Waals surface area contributed by atoms with Crippen molar-refractivity contribution in [1.29, 1.82) is 0 Å². The van der Waals surface area contributed by atoms with Crippen molar-refractivity contribution < 1.29 is 9.90 Å². The number of carboxylic acid groups (broad SMARTS) is 1. The first-order valence-electron chi connectivity index (χ1n) is 9.23. The molecule has 0 aliphatic rings. The van der Waals surface area contributed by atoms with Gasteiger partial charge < -0.3 is 5.11 Å². The molecule has 0 bridgehead atoms. The van der Waals surface area contributed by atoms with Gasteiger partial charge in [-0.05, 0) is 32.9 Å². The number of hydrogen-bond donors (Lipinski definition) is 1. The van der Waals surface area contributed by atoms with Crippen molar-refractivity contribution in [3.63, 3.8) is 0 Å². The Morgan fingerprint density at radius 3 is 1.32 bits per heavy atom. The maximum absolute atomic E-state index is 11.7. The summed E-state index contributed by atoms with van der Waals surface area (Å²) in [6.45, 7) is 0. The Balaban J connectivity index is 2.13. The minimum atomic E-state index is -2.64. The minimum absolute atomic E-state index is 0.317. The van der Waals surface area contributed by atoms with Gasteiger partial charge in [0, 0.05) is 0 Å². The van der Waals surface area contributed by atoms with E-state index in [1.54, 1.807) is 6.07 Å². The van der Waals surface area contributed by atoms with Gasteiger partial charge in [0.15, 0.2) is 8.07 Å². The molecule has 4 aromatic carbocycles. The van der Waals surface area contributed by atoms with Crippen molar-refractivity contribution in [3.05, 3.63) is 121 Å². The molecule has 0 saturated carbocycles. The van der Waals surface area contributed by atoms with Crippen LogP contribution in [0.15, 0.2) is 115 Å². The molecule has 2 nitrogen and oxygen atoms in total. The number of carboxylic acids is 1. The molecule has 0 aromatic heterocycles. The zero-order valence-electron chi connectivity index (χ0n) is 15.3. The molecule has 0 radical (unpaired) electrons. The fourth-order valence-corrected chi connectivity index (χ4v) is 8.75. The van der Waals surface area contributed by atoms with Crippen molar-refractivity contribution in [2.45, 2.75) is 0 Å². The maximum Gasteiger partial charge on any atom is 0.335 e. The molecule has 0 aliphatic carbocycles. The molecule has 1 N–H and O–H groups in total. The Labute approximate surface area is 165 Å². The summed E-state index contributed by atoms with van der Waals surface area (Å²) in [5.41, 5.74) is 0.317. The van der Waals surface area contributed by atoms with Crippen molar-refractivity contribution in [1.82, 2.24) is 0 Å². The smallest absolute Gasteiger partial charge is 0.335 e. The summed E-state index contributed by atoms with van der Waals surface area (Å²) in [6, 6.07) is 38.9. The maximum atomic E-state index is 11.7. The van der Waals surface area contributed by atoms with Gasteiger partial charge in [0.05, 0.1) is 5.56 Å². The van der Waals surface area contributed by atoms with Gasteiger partial charge >= 0.3 is 5.97 Å². The van der Waals surface area contributed by atoms with E-state index in [2.05, 4.69) is 78.9 Å². The van der Waals surface area contributed by atoms with Crippen LogP contribution in [0.25, 0.3) is 0 Å². The van der Waals surface area contributed by atoms with Crippen LogP contribution < -0.4 is 20.7 Å². The van der Waals surface area contributed by atoms with Crippen molar-refractivity contribution in [2.75, 3.05) is 0 Å². The number of aromatic carboxylic acids is 1. The number of hydrogen-bond acceptors (Lipinski definition) is 1. The highest BCUT2D eigenvalue weighted by atomic mass is 28.3. The molecule has 0 aliphatic heterocycles. The zero-order valence-corrected chi connectivity index (χ0v) is 16.3. The van der Waals surface area contributed by atoms with Crippen LogP contribution in [0.4, 0.5) is 0 Å². The van der Waals surface area contributed by atoms with E-state index in [1.807, 2.05) is 30.3 Å². The second-order valence-corrected chi connectivity index (χ2v) is 10.5. The van der Waals surface area contributed by atoms with E-state index in [0.29, 0.717) is 5.56 Å². The fourth-order valence-electron chi connectivity index (χ4n) is 3.95. The number of carbonyl (C=O) groups is 1. The lowest BCUT2D eigenvalue weighted by Gasteiger charge is -2.34. The van der Waals surface area contributed by atoms with E-state index >= 15 is 0 Å². The average molecular weight is 381 g/mol. The van der Waals surface area contributed by atoms with Crippen LogP contribution in [0.2, 0.25) is 0 Å². The van der Waals surface area contributed by atoms with E-state index in [1.165, 1.54) is 15.6 Å². The molecule has 0 spiro atoms. The Bertz CT molecular complexity index is 980. The SMILES string of the molecule is O=C(O)c1cccc([Si](c2ccccc2)(c2ccccc2)c2ccccc2)c1. The third-order valence-electron chi connectivity index (χ3n) is 5.16. The summed E-state index contributed by atoms with van der Waals surface area (Å²) < 4.78 is 0. The molecular weight excluding hydrogens is 360 g/mol. The highest BCUT2D eigenvalue weighted by molar-refractivity contribution is 7.19. The van der Waals surface area contributed by atoms with Gasteiger partial charge in [-0.2, -0.15) is 0 Å². The van der Waals surface area contributed by atoms with Crippen LogP contribution in [0.1, 0.15) is 10.4 Å². The molecule has 0 atom stereocenters. The van der Waals surface area contributed by atoms with Gasteiger partial charge in [0.2, 0.25) is 0 Å². The van der Waals surface area contributed by atoms with Gasteiger partial charge in [-0.3, -0.25) is 0 Å². The van der Waals surface area contributed by atoms with Crippen LogP contribution >= 0.6 is 0 Å². The number of benzene rings is 4. The lowest BCUT2D eigenvalue weighted by atomic mass is 10.2. The van der Waals surface area contributed by atoms with E-state index in [-0.39, 0.29) is 0 Å². The summed E-state index contributed by atoms with van der Waals surface area (Å²) >= 11 is 0. The Hall–Kier alpha value is -3.43. The summed E-state index contributed by atoms with van der Waals surface area (Å²) in [5, 5.41) is 14.4. The summed E-state index contributed by atoms with van der Waals surface area (Å²) in [4.78, 5) is 11.7. The average Bonchev–Trinajstić information content (AvgIpc) is 2.77. The Morgan fingerprint density at radius 2 is 0.929 bits per heavy atom. The first-order chi connectivity index (χ1) is 13.7. The van der Waals surface area contributed by atoms with E-state index in [0.717, 1.165) is 5.19 Å². The first kappa shape index (κ1) is 18.0. The first-order valence-corrected chi connectivity index (χ1v) is 11.2. The quantitative estimate of drug-likeness (QED) is 0.427. The lowest BCUT2D eigenvalue weighted by Crippen LogP contribution is -2.74. The summed E-state index contributed by atoms with van der Waals surface area (Å²) in [5.74, 6) is -0.904. The van der Waals surface area contributed by atoms with Crippen LogP contribution in [-0.4, -0.2) is 19.1 Å². The fraction of sp³-hybridized carbons (Fsp3) is 0. The van der Waals surface area contributed by atoms with E-state index < -0.39 is 14.0 Å². The lowest BCUT2D eigenvalue weighted by molar-refractivity contribution is 0.0697. The molecule has 4 aromatic rings. The molecule has 4 rings (SSSR count). The van der Waals surface area contributed by atoms with Gasteiger partial charge in [-0.1, -0.05) is 103 Å². The Kier molecular flexibility index (Phi) is 4.92. The normalized spacial score (nSPS) is 11.1. The third kappa shape index (κ3) is 3.06. The van der Waals surface area contributed by atoms with Crippen molar-refractivity contribution in [3.8, 4) is 0 Å². The molecule has 0 unspecified atom stereocenters. The highest BCUT2D eigenvalue weighted by Crippen LogP contribution is 2.10. The minimum Gasteiger partial charge on any atom is -0.478 e. The van der Waals surface area contributed by atoms with Gasteiger partial charge in [0.25, 0.3) is 0 Å². The molecule has 0 saturated heterocycles. The molecule has 136 valence electrons. The van der Waals surface area contributed by atoms with Crippen LogP contribution in [0, 0.1) is 0 Å². The van der Waals surface area contributed by atoms with Crippen LogP contribution in [-0.2, 0) is 0 Å². The van der Waals surface area contributed by atoms with Gasteiger partial charge in [-0.15, -0.1) is 0 Å².